The monoisotopic (exact) mass is 468 g/mol. The van der Waals surface area contributed by atoms with Gasteiger partial charge in [0.2, 0.25) is 0 Å². The zero-order chi connectivity index (χ0) is 24.2. The van der Waals surface area contributed by atoms with Gasteiger partial charge < -0.3 is 14.2 Å². The Labute approximate surface area is 192 Å². The Balaban J connectivity index is 1.62. The van der Waals surface area contributed by atoms with Crippen LogP contribution in [0.3, 0.4) is 0 Å². The molecule has 5 nitrogen and oxygen atoms in total. The Morgan fingerprint density at radius 1 is 1.12 bits per heavy atom. The molecule has 0 amide bonds. The highest BCUT2D eigenvalue weighted by molar-refractivity contribution is 5.83. The molecule has 0 spiro atoms. The van der Waals surface area contributed by atoms with Crippen LogP contribution in [0.1, 0.15) is 52.0 Å². The van der Waals surface area contributed by atoms with E-state index in [1.807, 2.05) is 13.8 Å². The van der Waals surface area contributed by atoms with Crippen molar-refractivity contribution in [1.29, 1.82) is 0 Å². The zero-order valence-electron chi connectivity index (χ0n) is 19.4. The molecule has 0 unspecified atom stereocenters. The SMILES string of the molecule is CO[C@@](C(=O)O[C@@H]1CC[C@]2(C)CC[C@@H]3[C@@H](OC(=O)[C@H]3C)[C@@H]2[C@@H]1C)(c1ccccc1)C(F)(F)F. The summed E-state index contributed by atoms with van der Waals surface area (Å²) in [6, 6.07) is 6.84. The first-order valence-electron chi connectivity index (χ1n) is 11.6. The number of esters is 2. The van der Waals surface area contributed by atoms with Gasteiger partial charge >= 0.3 is 18.1 Å². The highest BCUT2D eigenvalue weighted by atomic mass is 19.4. The fourth-order valence-electron chi connectivity index (χ4n) is 6.57. The molecular formula is C25H31F3O5. The maximum Gasteiger partial charge on any atom is 0.432 e. The van der Waals surface area contributed by atoms with E-state index in [4.69, 9.17) is 14.2 Å². The van der Waals surface area contributed by atoms with Gasteiger partial charge in [-0.25, -0.2) is 4.79 Å². The summed E-state index contributed by atoms with van der Waals surface area (Å²) < 4.78 is 59.1. The van der Waals surface area contributed by atoms with Crippen molar-refractivity contribution in [3.05, 3.63) is 35.9 Å². The summed E-state index contributed by atoms with van der Waals surface area (Å²) in [7, 11) is 0.869. The summed E-state index contributed by atoms with van der Waals surface area (Å²) in [6.45, 7) is 5.92. The van der Waals surface area contributed by atoms with E-state index in [1.165, 1.54) is 24.3 Å². The van der Waals surface area contributed by atoms with Gasteiger partial charge in [0.15, 0.2) is 0 Å². The van der Waals surface area contributed by atoms with Crippen molar-refractivity contribution in [2.24, 2.45) is 29.1 Å². The highest BCUT2D eigenvalue weighted by Crippen LogP contribution is 2.58. The standard InChI is InChI=1S/C25H31F3O5/c1-14-17-10-12-23(3)13-11-18(15(2)19(23)20(17)33-21(14)29)32-22(30)24(31-4,25(26,27)28)16-8-6-5-7-9-16/h5-9,14-15,17-20H,10-13H2,1-4H3/t14-,15+,17-,18+,19-,20+,23-,24+/m0/s1. The molecular weight excluding hydrogens is 437 g/mol. The fraction of sp³-hybridized carbons (Fsp3) is 0.680. The molecule has 1 heterocycles. The second-order valence-electron chi connectivity index (χ2n) is 10.2. The lowest BCUT2D eigenvalue weighted by molar-refractivity contribution is -0.280. The van der Waals surface area contributed by atoms with E-state index in [0.29, 0.717) is 12.8 Å². The lowest BCUT2D eigenvalue weighted by Crippen LogP contribution is -2.56. The van der Waals surface area contributed by atoms with Gasteiger partial charge in [-0.3, -0.25) is 4.79 Å². The minimum atomic E-state index is -5.01. The topological polar surface area (TPSA) is 61.8 Å². The van der Waals surface area contributed by atoms with Gasteiger partial charge in [-0.2, -0.15) is 13.2 Å². The number of methoxy groups -OCH3 is 1. The minimum absolute atomic E-state index is 0.0868. The fourth-order valence-corrected chi connectivity index (χ4v) is 6.57. The number of hydrogen-bond acceptors (Lipinski definition) is 5. The third-order valence-electron chi connectivity index (χ3n) is 8.48. The first-order valence-corrected chi connectivity index (χ1v) is 11.6. The van der Waals surface area contributed by atoms with Crippen LogP contribution in [0, 0.1) is 29.1 Å². The number of rotatable bonds is 4. The Morgan fingerprint density at radius 3 is 2.36 bits per heavy atom. The van der Waals surface area contributed by atoms with Crippen LogP contribution in [0.4, 0.5) is 13.2 Å². The van der Waals surface area contributed by atoms with E-state index in [2.05, 4.69) is 6.92 Å². The van der Waals surface area contributed by atoms with Crippen LogP contribution < -0.4 is 0 Å². The molecule has 8 atom stereocenters. The summed E-state index contributed by atoms with van der Waals surface area (Å²) >= 11 is 0. The van der Waals surface area contributed by atoms with Crippen LogP contribution in [0.25, 0.3) is 0 Å². The number of benzene rings is 1. The van der Waals surface area contributed by atoms with Gasteiger partial charge in [-0.05, 0) is 37.0 Å². The van der Waals surface area contributed by atoms with Gasteiger partial charge in [-0.1, -0.05) is 51.1 Å². The Bertz CT molecular complexity index is 903. The molecule has 0 N–H and O–H groups in total. The molecule has 1 saturated heterocycles. The van der Waals surface area contributed by atoms with Crippen molar-refractivity contribution in [2.45, 2.75) is 70.4 Å². The smallest absolute Gasteiger partial charge is 0.432 e. The summed E-state index contributed by atoms with van der Waals surface area (Å²) in [5, 5.41) is 0. The Kier molecular flexibility index (Phi) is 6.04. The second kappa shape index (κ2) is 8.29. The average molecular weight is 469 g/mol. The molecule has 33 heavy (non-hydrogen) atoms. The molecule has 0 radical (unpaired) electrons. The predicted octanol–water partition coefficient (Wildman–Crippen LogP) is 5.03. The quantitative estimate of drug-likeness (QED) is 0.581. The number of halogens is 3. The molecule has 8 heteroatoms. The largest absolute Gasteiger partial charge is 0.462 e. The first kappa shape index (κ1) is 24.0. The molecule has 1 aromatic carbocycles. The summed E-state index contributed by atoms with van der Waals surface area (Å²) in [6.07, 6.45) is -3.11. The zero-order valence-corrected chi connectivity index (χ0v) is 19.4. The van der Waals surface area contributed by atoms with Crippen molar-refractivity contribution in [3.8, 4) is 0 Å². The van der Waals surface area contributed by atoms with E-state index < -0.39 is 23.9 Å². The maximum absolute atomic E-state index is 14.3. The van der Waals surface area contributed by atoms with E-state index >= 15 is 0 Å². The molecule has 2 saturated carbocycles. The summed E-state index contributed by atoms with van der Waals surface area (Å²) in [5.41, 5.74) is -3.65. The van der Waals surface area contributed by atoms with E-state index in [0.717, 1.165) is 20.0 Å². The minimum Gasteiger partial charge on any atom is -0.462 e. The van der Waals surface area contributed by atoms with Crippen molar-refractivity contribution >= 4 is 11.9 Å². The van der Waals surface area contributed by atoms with Crippen molar-refractivity contribution in [3.63, 3.8) is 0 Å². The normalized spacial score (nSPS) is 38.0. The Morgan fingerprint density at radius 2 is 1.76 bits per heavy atom. The number of carbonyl (C=O) groups is 2. The molecule has 3 aliphatic rings. The van der Waals surface area contributed by atoms with E-state index in [9.17, 15) is 22.8 Å². The summed E-state index contributed by atoms with van der Waals surface area (Å²) in [4.78, 5) is 25.5. The summed E-state index contributed by atoms with van der Waals surface area (Å²) in [5.74, 6) is -2.15. The van der Waals surface area contributed by atoms with Gasteiger partial charge in [-0.15, -0.1) is 0 Å². The first-order chi connectivity index (χ1) is 15.5. The molecule has 0 bridgehead atoms. The molecule has 1 aromatic rings. The number of ether oxygens (including phenoxy) is 3. The lowest BCUT2D eigenvalue weighted by atomic mass is 9.52. The van der Waals surface area contributed by atoms with Crippen LogP contribution in [-0.4, -0.2) is 37.4 Å². The number of alkyl halides is 3. The van der Waals surface area contributed by atoms with Crippen molar-refractivity contribution < 1.29 is 37.0 Å². The molecule has 2 aliphatic carbocycles. The molecule has 1 aliphatic heterocycles. The van der Waals surface area contributed by atoms with Gasteiger partial charge in [0.1, 0.15) is 12.2 Å². The molecule has 0 aromatic heterocycles. The number of fused-ring (bicyclic) bond motifs is 3. The number of carbonyl (C=O) groups excluding carboxylic acids is 2. The highest BCUT2D eigenvalue weighted by Gasteiger charge is 2.65. The Hall–Kier alpha value is -2.09. The number of hydrogen-bond donors (Lipinski definition) is 0. The van der Waals surface area contributed by atoms with E-state index in [-0.39, 0.29) is 46.7 Å². The van der Waals surface area contributed by atoms with Crippen LogP contribution >= 0.6 is 0 Å². The van der Waals surface area contributed by atoms with Crippen LogP contribution in [-0.2, 0) is 29.4 Å². The van der Waals surface area contributed by atoms with Gasteiger partial charge in [0, 0.05) is 24.5 Å². The third-order valence-corrected chi connectivity index (χ3v) is 8.48. The van der Waals surface area contributed by atoms with Crippen molar-refractivity contribution in [1.82, 2.24) is 0 Å². The second-order valence-corrected chi connectivity index (χ2v) is 10.2. The molecule has 182 valence electrons. The lowest BCUT2D eigenvalue weighted by Gasteiger charge is -2.54. The maximum atomic E-state index is 14.3. The van der Waals surface area contributed by atoms with E-state index in [1.54, 1.807) is 6.07 Å². The van der Waals surface area contributed by atoms with Crippen LogP contribution in [0.5, 0.6) is 0 Å². The third kappa shape index (κ3) is 3.65. The predicted molar refractivity (Wildman–Crippen MR) is 113 cm³/mol. The van der Waals surface area contributed by atoms with Crippen LogP contribution in [0.2, 0.25) is 0 Å². The average Bonchev–Trinajstić information content (AvgIpc) is 3.04. The van der Waals surface area contributed by atoms with Crippen LogP contribution in [0.15, 0.2) is 30.3 Å². The molecule has 4 rings (SSSR count). The van der Waals surface area contributed by atoms with Gasteiger partial charge in [0.25, 0.3) is 5.60 Å². The van der Waals surface area contributed by atoms with Gasteiger partial charge in [0.05, 0.1) is 5.92 Å². The van der Waals surface area contributed by atoms with Crippen molar-refractivity contribution in [2.75, 3.05) is 7.11 Å². The molecule has 3 fully saturated rings.